The van der Waals surface area contributed by atoms with Gasteiger partial charge in [0.05, 0.1) is 12.7 Å². The molecule has 0 amide bonds. The molecule has 88 valence electrons. The summed E-state index contributed by atoms with van der Waals surface area (Å²) in [4.78, 5) is 10.8. The highest BCUT2D eigenvalue weighted by molar-refractivity contribution is 5.88. The van der Waals surface area contributed by atoms with E-state index in [1.54, 1.807) is 6.07 Å². The molecule has 0 aromatic heterocycles. The van der Waals surface area contributed by atoms with Gasteiger partial charge in [-0.15, -0.1) is 0 Å². The summed E-state index contributed by atoms with van der Waals surface area (Å²) >= 11 is 0. The number of hydrogen-bond donors (Lipinski definition) is 1. The van der Waals surface area contributed by atoms with Crippen LogP contribution in [0.15, 0.2) is 18.2 Å². The molecule has 4 nitrogen and oxygen atoms in total. The number of rotatable bonds is 3. The Kier molecular flexibility index (Phi) is 3.42. The van der Waals surface area contributed by atoms with E-state index in [9.17, 15) is 4.79 Å². The Hall–Kier alpha value is -1.71. The van der Waals surface area contributed by atoms with Crippen LogP contribution in [-0.4, -0.2) is 23.8 Å². The van der Waals surface area contributed by atoms with Gasteiger partial charge >= 0.3 is 5.97 Å². The second-order valence-electron chi connectivity index (χ2n) is 4.39. The highest BCUT2D eigenvalue weighted by Crippen LogP contribution is 2.31. The third-order valence-electron chi connectivity index (χ3n) is 1.83. The number of benzene rings is 1. The summed E-state index contributed by atoms with van der Waals surface area (Å²) < 4.78 is 10.7. The quantitative estimate of drug-likeness (QED) is 0.857. The van der Waals surface area contributed by atoms with Gasteiger partial charge in [-0.25, -0.2) is 4.79 Å². The average molecular weight is 224 g/mol. The number of carboxylic acids is 1. The molecule has 1 aromatic carbocycles. The van der Waals surface area contributed by atoms with Crippen LogP contribution < -0.4 is 9.47 Å². The van der Waals surface area contributed by atoms with Gasteiger partial charge in [-0.05, 0) is 39.0 Å². The van der Waals surface area contributed by atoms with Crippen molar-refractivity contribution in [1.29, 1.82) is 0 Å². The normalized spacial score (nSPS) is 11.0. The second kappa shape index (κ2) is 4.43. The molecule has 1 rings (SSSR count). The maximum Gasteiger partial charge on any atom is 0.335 e. The number of ether oxygens (including phenoxy) is 2. The van der Waals surface area contributed by atoms with Gasteiger partial charge in [0.15, 0.2) is 11.5 Å². The van der Waals surface area contributed by atoms with Crippen molar-refractivity contribution in [2.24, 2.45) is 0 Å². The maximum atomic E-state index is 10.8. The summed E-state index contributed by atoms with van der Waals surface area (Å²) in [7, 11) is 1.52. The van der Waals surface area contributed by atoms with E-state index in [0.717, 1.165) is 0 Å². The first-order valence-electron chi connectivity index (χ1n) is 4.94. The van der Waals surface area contributed by atoms with Gasteiger partial charge in [-0.1, -0.05) is 0 Å². The van der Waals surface area contributed by atoms with E-state index in [-0.39, 0.29) is 5.56 Å². The first kappa shape index (κ1) is 12.4. The van der Waals surface area contributed by atoms with Gasteiger partial charge in [-0.3, -0.25) is 0 Å². The zero-order valence-corrected chi connectivity index (χ0v) is 9.90. The van der Waals surface area contributed by atoms with Crippen molar-refractivity contribution < 1.29 is 19.4 Å². The molecule has 0 aliphatic carbocycles. The van der Waals surface area contributed by atoms with Gasteiger partial charge in [0, 0.05) is 0 Å². The lowest BCUT2D eigenvalue weighted by molar-refractivity contribution is 0.0694. The minimum Gasteiger partial charge on any atom is -0.493 e. The molecule has 0 atom stereocenters. The van der Waals surface area contributed by atoms with E-state index in [2.05, 4.69) is 0 Å². The Morgan fingerprint density at radius 3 is 2.31 bits per heavy atom. The molecule has 0 saturated heterocycles. The molecule has 0 fully saturated rings. The SMILES string of the molecule is COc1ccc(C(=O)O)cc1OC(C)(C)C. The summed E-state index contributed by atoms with van der Waals surface area (Å²) in [6.45, 7) is 5.67. The van der Waals surface area contributed by atoms with Crippen molar-refractivity contribution in [3.8, 4) is 11.5 Å². The first-order chi connectivity index (χ1) is 7.33. The number of methoxy groups -OCH3 is 1. The Balaban J connectivity index is 3.12. The van der Waals surface area contributed by atoms with Crippen molar-refractivity contribution >= 4 is 5.97 Å². The Morgan fingerprint density at radius 2 is 1.88 bits per heavy atom. The maximum absolute atomic E-state index is 10.8. The van der Waals surface area contributed by atoms with Gasteiger partial charge in [0.2, 0.25) is 0 Å². The van der Waals surface area contributed by atoms with Crippen molar-refractivity contribution in [3.63, 3.8) is 0 Å². The Labute approximate surface area is 94.8 Å². The van der Waals surface area contributed by atoms with Crippen LogP contribution >= 0.6 is 0 Å². The van der Waals surface area contributed by atoms with E-state index >= 15 is 0 Å². The molecule has 0 heterocycles. The fraction of sp³-hybridized carbons (Fsp3) is 0.417. The van der Waals surface area contributed by atoms with Crippen LogP contribution in [-0.2, 0) is 0 Å². The third kappa shape index (κ3) is 3.15. The summed E-state index contributed by atoms with van der Waals surface area (Å²) in [6, 6.07) is 4.54. The average Bonchev–Trinajstić information content (AvgIpc) is 2.15. The highest BCUT2D eigenvalue weighted by atomic mass is 16.5. The molecule has 0 aliphatic rings. The number of carboxylic acid groups (broad SMARTS) is 1. The molecule has 0 bridgehead atoms. The zero-order chi connectivity index (χ0) is 12.3. The van der Waals surface area contributed by atoms with E-state index in [1.165, 1.54) is 19.2 Å². The van der Waals surface area contributed by atoms with Crippen LogP contribution in [0.2, 0.25) is 0 Å². The minimum atomic E-state index is -0.985. The lowest BCUT2D eigenvalue weighted by atomic mass is 10.1. The smallest absolute Gasteiger partial charge is 0.335 e. The zero-order valence-electron chi connectivity index (χ0n) is 9.90. The fourth-order valence-corrected chi connectivity index (χ4v) is 1.22. The highest BCUT2D eigenvalue weighted by Gasteiger charge is 2.17. The lowest BCUT2D eigenvalue weighted by Crippen LogP contribution is -2.23. The minimum absolute atomic E-state index is 0.181. The predicted octanol–water partition coefficient (Wildman–Crippen LogP) is 2.57. The molecule has 1 aromatic rings. The van der Waals surface area contributed by atoms with Crippen molar-refractivity contribution in [2.75, 3.05) is 7.11 Å². The molecule has 1 N–H and O–H groups in total. The number of hydrogen-bond acceptors (Lipinski definition) is 3. The molecule has 0 saturated carbocycles. The Bertz CT molecular complexity index is 390. The first-order valence-corrected chi connectivity index (χ1v) is 4.94. The molecule has 4 heteroatoms. The largest absolute Gasteiger partial charge is 0.493 e. The molecule has 0 unspecified atom stereocenters. The van der Waals surface area contributed by atoms with Crippen LogP contribution in [0.5, 0.6) is 11.5 Å². The van der Waals surface area contributed by atoms with E-state index in [1.807, 2.05) is 20.8 Å². The molecule has 0 radical (unpaired) electrons. The molecular weight excluding hydrogens is 208 g/mol. The predicted molar refractivity (Wildman–Crippen MR) is 60.3 cm³/mol. The third-order valence-corrected chi connectivity index (χ3v) is 1.83. The van der Waals surface area contributed by atoms with Crippen molar-refractivity contribution in [1.82, 2.24) is 0 Å². The van der Waals surface area contributed by atoms with Crippen LogP contribution in [0.3, 0.4) is 0 Å². The van der Waals surface area contributed by atoms with Gasteiger partial charge in [0.1, 0.15) is 5.60 Å². The van der Waals surface area contributed by atoms with Gasteiger partial charge < -0.3 is 14.6 Å². The number of aromatic carboxylic acids is 1. The fourth-order valence-electron chi connectivity index (χ4n) is 1.22. The second-order valence-corrected chi connectivity index (χ2v) is 4.39. The summed E-state index contributed by atoms with van der Waals surface area (Å²) in [5.74, 6) is -0.0174. The monoisotopic (exact) mass is 224 g/mol. The summed E-state index contributed by atoms with van der Waals surface area (Å²) in [6.07, 6.45) is 0. The molecular formula is C12H16O4. The van der Waals surface area contributed by atoms with Crippen molar-refractivity contribution in [3.05, 3.63) is 23.8 Å². The van der Waals surface area contributed by atoms with Crippen LogP contribution in [0.4, 0.5) is 0 Å². The molecule has 16 heavy (non-hydrogen) atoms. The molecule has 0 spiro atoms. The Morgan fingerprint density at radius 1 is 1.25 bits per heavy atom. The standard InChI is InChI=1S/C12H16O4/c1-12(2,3)16-10-7-8(11(13)14)5-6-9(10)15-4/h5-7H,1-4H3,(H,13,14). The summed E-state index contributed by atoms with van der Waals surface area (Å²) in [5, 5.41) is 8.87. The van der Waals surface area contributed by atoms with Crippen LogP contribution in [0.1, 0.15) is 31.1 Å². The van der Waals surface area contributed by atoms with E-state index in [0.29, 0.717) is 11.5 Å². The van der Waals surface area contributed by atoms with Crippen molar-refractivity contribution in [2.45, 2.75) is 26.4 Å². The summed E-state index contributed by atoms with van der Waals surface area (Å²) in [5.41, 5.74) is -0.218. The van der Waals surface area contributed by atoms with Gasteiger partial charge in [0.25, 0.3) is 0 Å². The topological polar surface area (TPSA) is 55.8 Å². The van der Waals surface area contributed by atoms with E-state index < -0.39 is 11.6 Å². The lowest BCUT2D eigenvalue weighted by Gasteiger charge is -2.22. The van der Waals surface area contributed by atoms with Gasteiger partial charge in [-0.2, -0.15) is 0 Å². The van der Waals surface area contributed by atoms with Crippen LogP contribution in [0, 0.1) is 0 Å². The van der Waals surface area contributed by atoms with Crippen LogP contribution in [0.25, 0.3) is 0 Å². The van der Waals surface area contributed by atoms with E-state index in [4.69, 9.17) is 14.6 Å². The molecule has 0 aliphatic heterocycles. The number of carbonyl (C=O) groups is 1.